The Bertz CT molecular complexity index is 1420. The number of aromatic nitrogens is 6. The lowest BCUT2D eigenvalue weighted by molar-refractivity contribution is -0.141. The lowest BCUT2D eigenvalue weighted by Crippen LogP contribution is -2.22. The maximum atomic E-state index is 13.3. The Balaban J connectivity index is 1.59. The number of hydrogen-bond acceptors (Lipinski definition) is 4. The molecule has 33 heavy (non-hydrogen) atoms. The number of benzene rings is 1. The number of halogens is 3. The summed E-state index contributed by atoms with van der Waals surface area (Å²) >= 11 is 0. The van der Waals surface area contributed by atoms with Gasteiger partial charge in [-0.1, -0.05) is 0 Å². The average molecular weight is 453 g/mol. The van der Waals surface area contributed by atoms with Crippen LogP contribution in [0.1, 0.15) is 54.2 Å². The molecule has 0 fully saturated rings. The zero-order valence-corrected chi connectivity index (χ0v) is 18.1. The van der Waals surface area contributed by atoms with Crippen LogP contribution < -0.4 is 5.32 Å². The first-order chi connectivity index (χ1) is 15.8. The van der Waals surface area contributed by atoms with Crippen molar-refractivity contribution in [2.75, 3.05) is 5.32 Å². The Labute approximate surface area is 187 Å². The molecule has 1 aromatic carbocycles. The van der Waals surface area contributed by atoms with Crippen LogP contribution in [0.4, 0.5) is 18.9 Å². The number of fused-ring (bicyclic) bond motifs is 4. The predicted octanol–water partition coefficient (Wildman–Crippen LogP) is 5.51. The van der Waals surface area contributed by atoms with Crippen molar-refractivity contribution in [2.45, 2.75) is 44.8 Å². The lowest BCUT2D eigenvalue weighted by atomic mass is 9.77. The molecule has 0 amide bonds. The topological polar surface area (TPSA) is 87.2 Å². The largest absolute Gasteiger partial charge is 0.435 e. The van der Waals surface area contributed by atoms with Gasteiger partial charge in [0.2, 0.25) is 0 Å². The maximum absolute atomic E-state index is 13.3. The smallest absolute Gasteiger partial charge is 0.374 e. The molecular weight excluding hydrogens is 431 g/mol. The van der Waals surface area contributed by atoms with E-state index < -0.39 is 11.9 Å². The molecule has 10 heteroatoms. The highest BCUT2D eigenvalue weighted by Crippen LogP contribution is 2.50. The van der Waals surface area contributed by atoms with E-state index >= 15 is 0 Å². The highest BCUT2D eigenvalue weighted by atomic mass is 19.4. The van der Waals surface area contributed by atoms with E-state index in [1.54, 1.807) is 0 Å². The van der Waals surface area contributed by atoms with E-state index in [4.69, 9.17) is 0 Å². The Morgan fingerprint density at radius 3 is 2.67 bits per heavy atom. The molecule has 6 rings (SSSR count). The second-order valence-corrected chi connectivity index (χ2v) is 8.76. The summed E-state index contributed by atoms with van der Waals surface area (Å²) in [6, 6.07) is 5.03. The van der Waals surface area contributed by atoms with E-state index in [2.05, 4.69) is 30.8 Å². The molecule has 4 heterocycles. The van der Waals surface area contributed by atoms with Gasteiger partial charge in [0.25, 0.3) is 0 Å². The Kier molecular flexibility index (Phi) is 4.24. The first-order valence-electron chi connectivity index (χ1n) is 10.9. The van der Waals surface area contributed by atoms with Crippen LogP contribution in [-0.2, 0) is 13.2 Å². The van der Waals surface area contributed by atoms with Gasteiger partial charge in [-0.2, -0.15) is 28.5 Å². The summed E-state index contributed by atoms with van der Waals surface area (Å²) in [6.45, 7) is 2.01. The SMILES string of the molecule is Cc1[nH]ncc1C1Nc2ccc3[nH]nc(-c4cc(C(F)(F)F)nn4C)c3c2C2=C1CCCC2. The summed E-state index contributed by atoms with van der Waals surface area (Å²) in [7, 11) is 1.52. The Morgan fingerprint density at radius 1 is 1.12 bits per heavy atom. The number of aromatic amines is 2. The highest BCUT2D eigenvalue weighted by molar-refractivity contribution is 6.06. The van der Waals surface area contributed by atoms with Crippen molar-refractivity contribution in [3.05, 3.63) is 52.5 Å². The summed E-state index contributed by atoms with van der Waals surface area (Å²) < 4.78 is 41.2. The molecule has 7 nitrogen and oxygen atoms in total. The molecule has 1 aliphatic heterocycles. The van der Waals surface area contributed by atoms with Gasteiger partial charge in [-0.15, -0.1) is 0 Å². The molecule has 0 spiro atoms. The zero-order valence-electron chi connectivity index (χ0n) is 18.1. The van der Waals surface area contributed by atoms with Gasteiger partial charge in [-0.25, -0.2) is 0 Å². The van der Waals surface area contributed by atoms with Gasteiger partial charge in [-0.3, -0.25) is 14.9 Å². The molecule has 1 aliphatic carbocycles. The van der Waals surface area contributed by atoms with E-state index in [1.807, 2.05) is 25.3 Å². The van der Waals surface area contributed by atoms with Gasteiger partial charge in [0.1, 0.15) is 5.69 Å². The second-order valence-electron chi connectivity index (χ2n) is 8.76. The summed E-state index contributed by atoms with van der Waals surface area (Å²) in [4.78, 5) is 0. The number of aryl methyl sites for hydroxylation is 2. The minimum atomic E-state index is -4.52. The van der Waals surface area contributed by atoms with Crippen molar-refractivity contribution in [3.8, 4) is 11.4 Å². The molecule has 1 atom stereocenters. The second kappa shape index (κ2) is 6.97. The Hall–Kier alpha value is -3.56. The van der Waals surface area contributed by atoms with E-state index in [-0.39, 0.29) is 6.04 Å². The third kappa shape index (κ3) is 3.00. The van der Waals surface area contributed by atoms with Crippen LogP contribution in [0.3, 0.4) is 0 Å². The van der Waals surface area contributed by atoms with Crippen molar-refractivity contribution in [1.29, 1.82) is 0 Å². The van der Waals surface area contributed by atoms with Gasteiger partial charge in [0.05, 0.1) is 23.4 Å². The fourth-order valence-electron chi connectivity index (χ4n) is 5.25. The standard InChI is InChI=1S/C23H22F3N7/c1-11-14(10-27-29-11)21-13-6-4-3-5-12(13)19-15(28-21)7-8-16-20(19)22(31-30-16)17-9-18(23(24,25)26)32-33(17)2/h7-10,21,28H,3-6H2,1-2H3,(H,27,29)(H,30,31). The number of nitrogens with zero attached hydrogens (tertiary/aromatic N) is 4. The van der Waals surface area contributed by atoms with Crippen LogP contribution in [0.2, 0.25) is 0 Å². The fraction of sp³-hybridized carbons (Fsp3) is 0.348. The van der Waals surface area contributed by atoms with Crippen molar-refractivity contribution in [3.63, 3.8) is 0 Å². The van der Waals surface area contributed by atoms with E-state index in [9.17, 15) is 13.2 Å². The number of alkyl halides is 3. The average Bonchev–Trinajstić information content (AvgIpc) is 3.50. The van der Waals surface area contributed by atoms with Crippen molar-refractivity contribution in [1.82, 2.24) is 30.2 Å². The van der Waals surface area contributed by atoms with Crippen LogP contribution in [0.15, 0.2) is 30.0 Å². The fourth-order valence-corrected chi connectivity index (χ4v) is 5.25. The summed E-state index contributed by atoms with van der Waals surface area (Å²) in [6.07, 6.45) is 1.41. The molecule has 3 aromatic heterocycles. The van der Waals surface area contributed by atoms with Crippen LogP contribution >= 0.6 is 0 Å². The van der Waals surface area contributed by atoms with E-state index in [0.717, 1.165) is 65.2 Å². The predicted molar refractivity (Wildman–Crippen MR) is 118 cm³/mol. The quantitative estimate of drug-likeness (QED) is 0.374. The summed E-state index contributed by atoms with van der Waals surface area (Å²) in [5, 5.41) is 22.9. The maximum Gasteiger partial charge on any atom is 0.435 e. The molecule has 170 valence electrons. The zero-order chi connectivity index (χ0) is 22.9. The van der Waals surface area contributed by atoms with Crippen molar-refractivity contribution < 1.29 is 13.2 Å². The normalized spacial score (nSPS) is 18.4. The van der Waals surface area contributed by atoms with Gasteiger partial charge >= 0.3 is 6.18 Å². The number of hydrogen-bond donors (Lipinski definition) is 3. The van der Waals surface area contributed by atoms with Gasteiger partial charge in [0.15, 0.2) is 5.69 Å². The lowest BCUT2D eigenvalue weighted by Gasteiger charge is -2.35. The van der Waals surface area contributed by atoms with Crippen LogP contribution in [0.25, 0.3) is 27.9 Å². The first kappa shape index (κ1) is 20.1. The summed E-state index contributed by atoms with van der Waals surface area (Å²) in [5.41, 5.74) is 7.36. The molecule has 1 unspecified atom stereocenters. The molecule has 3 N–H and O–H groups in total. The van der Waals surface area contributed by atoms with Crippen molar-refractivity contribution >= 4 is 22.2 Å². The number of anilines is 1. The number of H-pyrrole nitrogens is 2. The molecule has 0 bridgehead atoms. The molecule has 4 aromatic rings. The highest BCUT2D eigenvalue weighted by Gasteiger charge is 2.36. The summed E-state index contributed by atoms with van der Waals surface area (Å²) in [5.74, 6) is 0. The minimum absolute atomic E-state index is 0.0212. The van der Waals surface area contributed by atoms with Gasteiger partial charge in [-0.05, 0) is 62.0 Å². The first-order valence-corrected chi connectivity index (χ1v) is 10.9. The molecule has 2 aliphatic rings. The molecular formula is C23H22F3N7. The molecule has 0 radical (unpaired) electrons. The van der Waals surface area contributed by atoms with Crippen LogP contribution in [-0.4, -0.2) is 30.2 Å². The minimum Gasteiger partial charge on any atom is -0.374 e. The van der Waals surface area contributed by atoms with Gasteiger partial charge in [0, 0.05) is 34.9 Å². The third-order valence-electron chi connectivity index (χ3n) is 6.78. The van der Waals surface area contributed by atoms with Gasteiger partial charge < -0.3 is 5.32 Å². The Morgan fingerprint density at radius 2 is 1.94 bits per heavy atom. The van der Waals surface area contributed by atoms with Crippen LogP contribution in [0, 0.1) is 6.92 Å². The van der Waals surface area contributed by atoms with E-state index in [0.29, 0.717) is 11.4 Å². The number of rotatable bonds is 2. The molecule has 0 saturated heterocycles. The number of allylic oxidation sites excluding steroid dienone is 1. The third-order valence-corrected chi connectivity index (χ3v) is 6.78. The van der Waals surface area contributed by atoms with Crippen LogP contribution in [0.5, 0.6) is 0 Å². The molecule has 0 saturated carbocycles. The van der Waals surface area contributed by atoms with Crippen molar-refractivity contribution in [2.24, 2.45) is 7.05 Å². The number of nitrogens with one attached hydrogen (secondary N) is 3. The van der Waals surface area contributed by atoms with E-state index in [1.165, 1.54) is 22.9 Å². The monoisotopic (exact) mass is 453 g/mol.